The predicted octanol–water partition coefficient (Wildman–Crippen LogP) is 5.54. The van der Waals surface area contributed by atoms with Gasteiger partial charge in [0.2, 0.25) is 0 Å². The van der Waals surface area contributed by atoms with Crippen molar-refractivity contribution in [2.45, 2.75) is 11.8 Å². The number of sulfone groups is 1. The molecule has 4 aromatic rings. The largest absolute Gasteiger partial charge is 0.356 e. The average Bonchev–Trinajstić information content (AvgIpc) is 2.70. The van der Waals surface area contributed by atoms with Gasteiger partial charge in [-0.15, -0.1) is 5.10 Å². The molecule has 3 aromatic carbocycles. The number of hydrogen-bond acceptors (Lipinski definition) is 5. The summed E-state index contributed by atoms with van der Waals surface area (Å²) in [7, 11) is -3.44. The molecule has 152 valence electrons. The minimum atomic E-state index is -3.44. The van der Waals surface area contributed by atoms with Gasteiger partial charge in [0.25, 0.3) is 0 Å². The number of halogens is 2. The maximum atomic E-state index is 13.1. The van der Waals surface area contributed by atoms with E-state index in [4.69, 9.17) is 11.6 Å². The van der Waals surface area contributed by atoms with E-state index in [0.717, 1.165) is 34.0 Å². The van der Waals surface area contributed by atoms with Gasteiger partial charge in [-0.05, 0) is 67.1 Å². The Morgan fingerprint density at radius 2 is 1.70 bits per heavy atom. The van der Waals surface area contributed by atoms with Gasteiger partial charge < -0.3 is 5.32 Å². The second kappa shape index (κ2) is 7.66. The van der Waals surface area contributed by atoms with E-state index in [0.29, 0.717) is 11.3 Å². The molecule has 8 heteroatoms. The summed E-state index contributed by atoms with van der Waals surface area (Å²) in [5.41, 5.74) is 3.63. The van der Waals surface area contributed by atoms with Crippen molar-refractivity contribution < 1.29 is 12.8 Å². The minimum Gasteiger partial charge on any atom is -0.356 e. The van der Waals surface area contributed by atoms with Crippen LogP contribution in [0.5, 0.6) is 0 Å². The lowest BCUT2D eigenvalue weighted by molar-refractivity contribution is 0.602. The first-order valence-corrected chi connectivity index (χ1v) is 11.3. The van der Waals surface area contributed by atoms with Crippen LogP contribution in [0.25, 0.3) is 22.0 Å². The summed E-state index contributed by atoms with van der Waals surface area (Å²) >= 11 is 6.25. The molecule has 0 spiro atoms. The molecule has 0 aliphatic rings. The van der Waals surface area contributed by atoms with Crippen molar-refractivity contribution >= 4 is 43.6 Å². The van der Waals surface area contributed by atoms with Crippen LogP contribution in [0.4, 0.5) is 15.8 Å². The molecule has 1 heterocycles. The summed E-state index contributed by atoms with van der Waals surface area (Å²) in [6.45, 7) is 1.81. The Morgan fingerprint density at radius 1 is 1.00 bits per heavy atom. The summed E-state index contributed by atoms with van der Waals surface area (Å²) in [4.78, 5) is 0.0874. The maximum Gasteiger partial charge on any atom is 0.177 e. The lowest BCUT2D eigenvalue weighted by Gasteiger charge is -2.12. The standard InChI is InChI=1S/C22H17ClFN3O2S/c1-13-9-21(30(2,28)29)20(23)11-19(13)22-18-8-7-17(10-14(18)12-25-27-22)26-16-5-3-15(24)4-6-16/h3-12,26H,1-2H3. The van der Waals surface area contributed by atoms with E-state index in [2.05, 4.69) is 15.5 Å². The van der Waals surface area contributed by atoms with Crippen molar-refractivity contribution in [2.75, 3.05) is 11.6 Å². The van der Waals surface area contributed by atoms with Crippen LogP contribution in [0.2, 0.25) is 5.02 Å². The first kappa shape index (κ1) is 20.3. The molecule has 0 bridgehead atoms. The van der Waals surface area contributed by atoms with Crippen LogP contribution < -0.4 is 5.32 Å². The van der Waals surface area contributed by atoms with E-state index in [1.54, 1.807) is 30.5 Å². The highest BCUT2D eigenvalue weighted by atomic mass is 35.5. The minimum absolute atomic E-state index is 0.0874. The van der Waals surface area contributed by atoms with Gasteiger partial charge in [-0.25, -0.2) is 12.8 Å². The molecule has 0 unspecified atom stereocenters. The quantitative estimate of drug-likeness (QED) is 0.450. The number of aryl methyl sites for hydroxylation is 1. The van der Waals surface area contributed by atoms with Crippen LogP contribution in [0.15, 0.2) is 65.7 Å². The molecular weight excluding hydrogens is 425 g/mol. The van der Waals surface area contributed by atoms with Crippen molar-refractivity contribution in [1.29, 1.82) is 0 Å². The zero-order valence-corrected chi connectivity index (χ0v) is 17.7. The van der Waals surface area contributed by atoms with Gasteiger partial charge in [0.15, 0.2) is 9.84 Å². The monoisotopic (exact) mass is 441 g/mol. The molecular formula is C22H17ClFN3O2S. The van der Waals surface area contributed by atoms with Gasteiger partial charge >= 0.3 is 0 Å². The molecule has 0 saturated carbocycles. The Bertz CT molecular complexity index is 1370. The molecule has 1 N–H and O–H groups in total. The lowest BCUT2D eigenvalue weighted by atomic mass is 10.0. The number of rotatable bonds is 4. The smallest absolute Gasteiger partial charge is 0.177 e. The SMILES string of the molecule is Cc1cc(S(C)(=O)=O)c(Cl)cc1-c1nncc2cc(Nc3ccc(F)cc3)ccc12. The number of anilines is 2. The highest BCUT2D eigenvalue weighted by Crippen LogP contribution is 2.34. The molecule has 0 saturated heterocycles. The molecule has 0 fully saturated rings. The fourth-order valence-corrected chi connectivity index (χ4v) is 4.65. The van der Waals surface area contributed by atoms with Crippen molar-refractivity contribution in [3.05, 3.63) is 77.2 Å². The Balaban J connectivity index is 1.78. The van der Waals surface area contributed by atoms with Crippen molar-refractivity contribution in [2.24, 2.45) is 0 Å². The van der Waals surface area contributed by atoms with Crippen LogP contribution >= 0.6 is 11.6 Å². The van der Waals surface area contributed by atoms with Crippen LogP contribution in [-0.4, -0.2) is 24.9 Å². The van der Waals surface area contributed by atoms with Gasteiger partial charge in [0.1, 0.15) is 11.5 Å². The Kier molecular flexibility index (Phi) is 5.17. The van der Waals surface area contributed by atoms with Crippen LogP contribution in [-0.2, 0) is 9.84 Å². The number of benzene rings is 3. The zero-order chi connectivity index (χ0) is 21.5. The lowest BCUT2D eigenvalue weighted by Crippen LogP contribution is -2.01. The predicted molar refractivity (Wildman–Crippen MR) is 118 cm³/mol. The fraction of sp³-hybridized carbons (Fsp3) is 0.0909. The van der Waals surface area contributed by atoms with E-state index in [1.165, 1.54) is 12.1 Å². The van der Waals surface area contributed by atoms with E-state index < -0.39 is 9.84 Å². The molecule has 0 aliphatic heterocycles. The number of fused-ring (bicyclic) bond motifs is 1. The summed E-state index contributed by atoms with van der Waals surface area (Å²) in [5, 5.41) is 13.4. The highest BCUT2D eigenvalue weighted by Gasteiger charge is 2.17. The zero-order valence-electron chi connectivity index (χ0n) is 16.1. The molecule has 1 aromatic heterocycles. The van der Waals surface area contributed by atoms with Crippen LogP contribution in [0.1, 0.15) is 5.56 Å². The molecule has 0 aliphatic carbocycles. The van der Waals surface area contributed by atoms with Crippen LogP contribution in [0.3, 0.4) is 0 Å². The Hall–Kier alpha value is -3.03. The molecule has 0 atom stereocenters. The van der Waals surface area contributed by atoms with Gasteiger partial charge in [-0.2, -0.15) is 5.10 Å². The van der Waals surface area contributed by atoms with E-state index in [9.17, 15) is 12.8 Å². The van der Waals surface area contributed by atoms with Crippen molar-refractivity contribution in [3.8, 4) is 11.3 Å². The van der Waals surface area contributed by atoms with E-state index >= 15 is 0 Å². The third-order valence-corrected chi connectivity index (χ3v) is 6.29. The maximum absolute atomic E-state index is 13.1. The first-order chi connectivity index (χ1) is 14.2. The summed E-state index contributed by atoms with van der Waals surface area (Å²) in [6, 6.07) is 15.0. The third-order valence-electron chi connectivity index (χ3n) is 4.73. The first-order valence-electron chi connectivity index (χ1n) is 9.01. The second-order valence-electron chi connectivity index (χ2n) is 7.00. The third kappa shape index (κ3) is 3.99. The number of aromatic nitrogens is 2. The molecule has 5 nitrogen and oxygen atoms in total. The average molecular weight is 442 g/mol. The normalized spacial score (nSPS) is 11.6. The van der Waals surface area contributed by atoms with Gasteiger partial charge in [0, 0.05) is 34.0 Å². The van der Waals surface area contributed by atoms with Gasteiger partial charge in [-0.3, -0.25) is 0 Å². The molecule has 4 rings (SSSR count). The number of hydrogen-bond donors (Lipinski definition) is 1. The second-order valence-corrected chi connectivity index (χ2v) is 9.39. The fourth-order valence-electron chi connectivity index (χ4n) is 3.26. The summed E-state index contributed by atoms with van der Waals surface area (Å²) < 4.78 is 37.0. The number of nitrogens with one attached hydrogen (secondary N) is 1. The molecule has 0 radical (unpaired) electrons. The molecule has 0 amide bonds. The summed E-state index contributed by atoms with van der Waals surface area (Å²) in [6.07, 6.45) is 2.77. The van der Waals surface area contributed by atoms with Crippen molar-refractivity contribution in [3.63, 3.8) is 0 Å². The van der Waals surface area contributed by atoms with Crippen molar-refractivity contribution in [1.82, 2.24) is 10.2 Å². The van der Waals surface area contributed by atoms with Crippen LogP contribution in [0, 0.1) is 12.7 Å². The molecule has 30 heavy (non-hydrogen) atoms. The number of nitrogens with zero attached hydrogens (tertiary/aromatic N) is 2. The Labute approximate surface area is 178 Å². The Morgan fingerprint density at radius 3 is 2.40 bits per heavy atom. The summed E-state index contributed by atoms with van der Waals surface area (Å²) in [5.74, 6) is -0.296. The highest BCUT2D eigenvalue weighted by molar-refractivity contribution is 7.90. The topological polar surface area (TPSA) is 72.0 Å². The van der Waals surface area contributed by atoms with E-state index in [-0.39, 0.29) is 15.7 Å². The van der Waals surface area contributed by atoms with E-state index in [1.807, 2.05) is 25.1 Å². The van der Waals surface area contributed by atoms with Gasteiger partial charge in [-0.1, -0.05) is 11.6 Å². The van der Waals surface area contributed by atoms with Gasteiger partial charge in [0.05, 0.1) is 16.1 Å².